The molecule has 0 spiro atoms. The molecule has 4 rings (SSSR count). The minimum Gasteiger partial charge on any atom is -0.454 e. The topological polar surface area (TPSA) is 77.4 Å². The summed E-state index contributed by atoms with van der Waals surface area (Å²) in [7, 11) is 0. The van der Waals surface area contributed by atoms with Crippen LogP contribution in [-0.4, -0.2) is 28.6 Å². The molecule has 0 saturated heterocycles. The van der Waals surface area contributed by atoms with E-state index in [1.807, 2.05) is 12.3 Å². The maximum atomic E-state index is 12.2. The van der Waals surface area contributed by atoms with Crippen molar-refractivity contribution in [1.82, 2.24) is 15.1 Å². The highest BCUT2D eigenvalue weighted by atomic mass is 16.7. The van der Waals surface area contributed by atoms with Gasteiger partial charge < -0.3 is 20.1 Å². The molecular weight excluding hydrogens is 320 g/mol. The molecule has 7 heteroatoms. The first-order valence-electron chi connectivity index (χ1n) is 8.65. The molecular formula is C18H22N4O3. The van der Waals surface area contributed by atoms with Crippen molar-refractivity contribution in [1.29, 1.82) is 0 Å². The molecule has 2 amide bonds. The Kier molecular flexibility index (Phi) is 4.21. The van der Waals surface area contributed by atoms with Gasteiger partial charge in [-0.2, -0.15) is 5.10 Å². The van der Waals surface area contributed by atoms with Gasteiger partial charge in [-0.1, -0.05) is 0 Å². The van der Waals surface area contributed by atoms with Crippen LogP contribution in [0.25, 0.3) is 0 Å². The highest BCUT2D eigenvalue weighted by molar-refractivity contribution is 5.89. The quantitative estimate of drug-likeness (QED) is 0.898. The zero-order valence-electron chi connectivity index (χ0n) is 14.2. The molecule has 0 unspecified atom stereocenters. The lowest BCUT2D eigenvalue weighted by atomic mass is 9.91. The molecule has 2 aromatic rings. The highest BCUT2D eigenvalue weighted by Gasteiger charge is 2.24. The van der Waals surface area contributed by atoms with Crippen LogP contribution in [0.4, 0.5) is 10.5 Å². The summed E-state index contributed by atoms with van der Waals surface area (Å²) in [5.74, 6) is 1.37. The Balaban J connectivity index is 1.27. The molecule has 1 aromatic heterocycles. The lowest BCUT2D eigenvalue weighted by molar-refractivity contribution is 0.174. The third kappa shape index (κ3) is 3.55. The monoisotopic (exact) mass is 342 g/mol. The third-order valence-electron chi connectivity index (χ3n) is 4.77. The first kappa shape index (κ1) is 15.8. The Morgan fingerprint density at radius 3 is 2.76 bits per heavy atom. The van der Waals surface area contributed by atoms with Gasteiger partial charge in [-0.15, -0.1) is 0 Å². The molecule has 2 heterocycles. The molecule has 0 bridgehead atoms. The van der Waals surface area contributed by atoms with Crippen LogP contribution < -0.4 is 20.1 Å². The lowest BCUT2D eigenvalue weighted by Gasteiger charge is -2.29. The SMILES string of the molecule is Cc1cnn(C2CCC(NC(=O)Nc3ccc4c(c3)OCO4)CC2)c1. The van der Waals surface area contributed by atoms with Crippen LogP contribution in [0.15, 0.2) is 30.6 Å². The number of carbonyl (C=O) groups excluding carboxylic acids is 1. The summed E-state index contributed by atoms with van der Waals surface area (Å²) in [4.78, 5) is 12.2. The van der Waals surface area contributed by atoms with E-state index < -0.39 is 0 Å². The summed E-state index contributed by atoms with van der Waals surface area (Å²) in [6.07, 6.45) is 7.94. The first-order chi connectivity index (χ1) is 12.2. The van der Waals surface area contributed by atoms with Crippen LogP contribution in [0.3, 0.4) is 0 Å². The van der Waals surface area contributed by atoms with Crippen molar-refractivity contribution < 1.29 is 14.3 Å². The number of benzene rings is 1. The summed E-state index contributed by atoms with van der Waals surface area (Å²) in [5, 5.41) is 10.3. The molecule has 25 heavy (non-hydrogen) atoms. The summed E-state index contributed by atoms with van der Waals surface area (Å²) in [5.41, 5.74) is 1.88. The number of hydrogen-bond donors (Lipinski definition) is 2. The van der Waals surface area contributed by atoms with E-state index in [2.05, 4.69) is 33.5 Å². The van der Waals surface area contributed by atoms with Gasteiger partial charge in [0.2, 0.25) is 6.79 Å². The number of aromatic nitrogens is 2. The van der Waals surface area contributed by atoms with Gasteiger partial charge in [0.05, 0.1) is 12.2 Å². The Morgan fingerprint density at radius 2 is 2.00 bits per heavy atom. The standard InChI is InChI=1S/C18H22N4O3/c1-12-9-19-22(10-12)15-5-2-13(3-6-15)20-18(23)21-14-4-7-16-17(8-14)25-11-24-16/h4,7-10,13,15H,2-3,5-6,11H2,1H3,(H2,20,21,23). The normalized spacial score (nSPS) is 21.8. The Labute approximate surface area is 146 Å². The van der Waals surface area contributed by atoms with E-state index in [0.717, 1.165) is 25.7 Å². The molecule has 7 nitrogen and oxygen atoms in total. The molecule has 1 fully saturated rings. The van der Waals surface area contributed by atoms with Crippen LogP contribution in [0.2, 0.25) is 0 Å². The smallest absolute Gasteiger partial charge is 0.319 e. The van der Waals surface area contributed by atoms with Crippen LogP contribution >= 0.6 is 0 Å². The Bertz CT molecular complexity index is 765. The average Bonchev–Trinajstić information content (AvgIpc) is 3.24. The number of rotatable bonds is 3. The summed E-state index contributed by atoms with van der Waals surface area (Å²) in [6.45, 7) is 2.28. The minimum atomic E-state index is -0.183. The molecule has 1 saturated carbocycles. The molecule has 2 aliphatic rings. The molecule has 0 radical (unpaired) electrons. The third-order valence-corrected chi connectivity index (χ3v) is 4.77. The summed E-state index contributed by atoms with van der Waals surface area (Å²) in [6, 6.07) is 5.83. The van der Waals surface area contributed by atoms with Crippen molar-refractivity contribution in [2.24, 2.45) is 0 Å². The Hall–Kier alpha value is -2.70. The summed E-state index contributed by atoms with van der Waals surface area (Å²) < 4.78 is 12.6. The number of fused-ring (bicyclic) bond motifs is 1. The minimum absolute atomic E-state index is 0.183. The molecule has 0 atom stereocenters. The van der Waals surface area contributed by atoms with E-state index in [0.29, 0.717) is 23.2 Å². The van der Waals surface area contributed by atoms with E-state index in [1.54, 1.807) is 12.1 Å². The van der Waals surface area contributed by atoms with Crippen LogP contribution in [-0.2, 0) is 0 Å². The zero-order valence-corrected chi connectivity index (χ0v) is 14.2. The number of urea groups is 1. The van der Waals surface area contributed by atoms with Crippen LogP contribution in [0.5, 0.6) is 11.5 Å². The van der Waals surface area contributed by atoms with Crippen molar-refractivity contribution >= 4 is 11.7 Å². The van der Waals surface area contributed by atoms with Gasteiger partial charge in [-0.05, 0) is 50.3 Å². The van der Waals surface area contributed by atoms with E-state index in [4.69, 9.17) is 9.47 Å². The van der Waals surface area contributed by atoms with Crippen LogP contribution in [0, 0.1) is 6.92 Å². The predicted octanol–water partition coefficient (Wildman–Crippen LogP) is 3.23. The molecule has 132 valence electrons. The van der Waals surface area contributed by atoms with E-state index in [-0.39, 0.29) is 18.9 Å². The molecule has 2 N–H and O–H groups in total. The van der Waals surface area contributed by atoms with Crippen LogP contribution in [0.1, 0.15) is 37.3 Å². The van der Waals surface area contributed by atoms with Gasteiger partial charge in [0.1, 0.15) is 0 Å². The Morgan fingerprint density at radius 1 is 1.20 bits per heavy atom. The van der Waals surface area contributed by atoms with Crippen molar-refractivity contribution in [2.75, 3.05) is 12.1 Å². The van der Waals surface area contributed by atoms with Gasteiger partial charge in [0.15, 0.2) is 11.5 Å². The van der Waals surface area contributed by atoms with Gasteiger partial charge in [-0.25, -0.2) is 4.79 Å². The number of nitrogens with one attached hydrogen (secondary N) is 2. The number of anilines is 1. The molecule has 1 aromatic carbocycles. The van der Waals surface area contributed by atoms with E-state index in [9.17, 15) is 4.79 Å². The second-order valence-electron chi connectivity index (χ2n) is 6.67. The fourth-order valence-corrected chi connectivity index (χ4v) is 3.44. The number of hydrogen-bond acceptors (Lipinski definition) is 4. The number of carbonyl (C=O) groups is 1. The van der Waals surface area contributed by atoms with E-state index in [1.165, 1.54) is 5.56 Å². The van der Waals surface area contributed by atoms with Gasteiger partial charge in [0.25, 0.3) is 0 Å². The summed E-state index contributed by atoms with van der Waals surface area (Å²) >= 11 is 0. The first-order valence-corrected chi connectivity index (χ1v) is 8.65. The fourth-order valence-electron chi connectivity index (χ4n) is 3.44. The van der Waals surface area contributed by atoms with Gasteiger partial charge >= 0.3 is 6.03 Å². The second kappa shape index (κ2) is 6.66. The molecule has 1 aliphatic heterocycles. The number of ether oxygens (including phenoxy) is 2. The van der Waals surface area contributed by atoms with Crippen molar-refractivity contribution in [3.05, 3.63) is 36.2 Å². The van der Waals surface area contributed by atoms with Gasteiger partial charge in [-0.3, -0.25) is 4.68 Å². The van der Waals surface area contributed by atoms with Gasteiger partial charge in [0, 0.05) is 24.0 Å². The largest absolute Gasteiger partial charge is 0.454 e. The highest BCUT2D eigenvalue weighted by Crippen LogP contribution is 2.34. The fraction of sp³-hybridized carbons (Fsp3) is 0.444. The maximum Gasteiger partial charge on any atom is 0.319 e. The predicted molar refractivity (Wildman–Crippen MR) is 93.0 cm³/mol. The average molecular weight is 342 g/mol. The number of nitrogens with zero attached hydrogens (tertiary/aromatic N) is 2. The number of aryl methyl sites for hydroxylation is 1. The van der Waals surface area contributed by atoms with Crippen molar-refractivity contribution in [2.45, 2.75) is 44.7 Å². The number of amides is 2. The lowest BCUT2D eigenvalue weighted by Crippen LogP contribution is -2.40. The van der Waals surface area contributed by atoms with Crippen molar-refractivity contribution in [3.63, 3.8) is 0 Å². The molecule has 1 aliphatic carbocycles. The zero-order chi connectivity index (χ0) is 17.2. The second-order valence-corrected chi connectivity index (χ2v) is 6.67. The van der Waals surface area contributed by atoms with E-state index >= 15 is 0 Å². The maximum absolute atomic E-state index is 12.2. The van der Waals surface area contributed by atoms with Crippen molar-refractivity contribution in [3.8, 4) is 11.5 Å².